The molecule has 3 rings (SSSR count). The van der Waals surface area contributed by atoms with Gasteiger partial charge < -0.3 is 15.4 Å². The van der Waals surface area contributed by atoms with Crippen molar-refractivity contribution in [2.45, 2.75) is 37.8 Å². The maximum Gasteiger partial charge on any atom is 0.237 e. The zero-order valence-electron chi connectivity index (χ0n) is 14.0. The van der Waals surface area contributed by atoms with Crippen molar-refractivity contribution in [3.63, 3.8) is 0 Å². The van der Waals surface area contributed by atoms with Gasteiger partial charge in [0.1, 0.15) is 12.4 Å². The standard InChI is InChI=1S/C18H26BrN3O2/c19-14-3-5-16(6-4-14)24-13-12-22-10-7-15(8-11-22)21-18(23)17-2-1-9-20-17/h3-6,15,17,20H,1-2,7-13H2,(H,21,23)/t17-/m0/s1. The van der Waals surface area contributed by atoms with Crippen molar-refractivity contribution >= 4 is 21.8 Å². The topological polar surface area (TPSA) is 53.6 Å². The molecule has 1 amide bonds. The van der Waals surface area contributed by atoms with E-state index in [1.165, 1.54) is 0 Å². The number of amides is 1. The maximum atomic E-state index is 12.1. The largest absolute Gasteiger partial charge is 0.492 e. The van der Waals surface area contributed by atoms with Crippen molar-refractivity contribution in [1.29, 1.82) is 0 Å². The molecule has 6 heteroatoms. The molecule has 1 atom stereocenters. The Morgan fingerprint density at radius 1 is 1.25 bits per heavy atom. The second-order valence-corrected chi connectivity index (χ2v) is 7.49. The number of rotatable bonds is 6. The van der Waals surface area contributed by atoms with E-state index in [1.807, 2.05) is 24.3 Å². The monoisotopic (exact) mass is 395 g/mol. The Bertz CT molecular complexity index is 524. The lowest BCUT2D eigenvalue weighted by molar-refractivity contribution is -0.123. The molecule has 1 aromatic rings. The minimum atomic E-state index is 0.0299. The lowest BCUT2D eigenvalue weighted by atomic mass is 10.0. The summed E-state index contributed by atoms with van der Waals surface area (Å²) in [7, 11) is 0. The minimum absolute atomic E-state index is 0.0299. The molecule has 0 bridgehead atoms. The molecule has 24 heavy (non-hydrogen) atoms. The Labute approximate surface area is 152 Å². The van der Waals surface area contributed by atoms with E-state index in [0.717, 1.165) is 62.1 Å². The quantitative estimate of drug-likeness (QED) is 0.774. The fourth-order valence-electron chi connectivity index (χ4n) is 3.33. The summed E-state index contributed by atoms with van der Waals surface area (Å²) in [5.41, 5.74) is 0. The molecule has 0 aliphatic carbocycles. The predicted molar refractivity (Wildman–Crippen MR) is 98.3 cm³/mol. The molecule has 0 spiro atoms. The lowest BCUT2D eigenvalue weighted by Crippen LogP contribution is -2.49. The SMILES string of the molecule is O=C(NC1CCN(CCOc2ccc(Br)cc2)CC1)[C@@H]1CCCN1. The summed E-state index contributed by atoms with van der Waals surface area (Å²) in [5.74, 6) is 1.09. The van der Waals surface area contributed by atoms with E-state index < -0.39 is 0 Å². The molecule has 5 nitrogen and oxygen atoms in total. The van der Waals surface area contributed by atoms with Gasteiger partial charge in [-0.15, -0.1) is 0 Å². The second kappa shape index (κ2) is 8.83. The first kappa shape index (κ1) is 17.7. The van der Waals surface area contributed by atoms with Gasteiger partial charge in [0.25, 0.3) is 0 Å². The molecule has 0 saturated carbocycles. The zero-order valence-corrected chi connectivity index (χ0v) is 15.6. The molecule has 1 aromatic carbocycles. The molecular weight excluding hydrogens is 370 g/mol. The molecule has 2 fully saturated rings. The van der Waals surface area contributed by atoms with Crippen LogP contribution in [0.3, 0.4) is 0 Å². The van der Waals surface area contributed by atoms with E-state index in [1.54, 1.807) is 0 Å². The van der Waals surface area contributed by atoms with Crippen LogP contribution in [0.2, 0.25) is 0 Å². The van der Waals surface area contributed by atoms with E-state index in [0.29, 0.717) is 12.6 Å². The summed E-state index contributed by atoms with van der Waals surface area (Å²) in [6.45, 7) is 4.64. The summed E-state index contributed by atoms with van der Waals surface area (Å²) in [5, 5.41) is 6.46. The van der Waals surface area contributed by atoms with Crippen LogP contribution in [0.15, 0.2) is 28.7 Å². The Hall–Kier alpha value is -1.11. The highest BCUT2D eigenvalue weighted by Crippen LogP contribution is 2.16. The maximum absolute atomic E-state index is 12.1. The molecule has 2 heterocycles. The third-order valence-corrected chi connectivity index (χ3v) is 5.33. The molecule has 2 aliphatic rings. The number of carbonyl (C=O) groups is 1. The fourth-order valence-corrected chi connectivity index (χ4v) is 3.60. The van der Waals surface area contributed by atoms with E-state index >= 15 is 0 Å². The summed E-state index contributed by atoms with van der Waals surface area (Å²) in [4.78, 5) is 14.5. The van der Waals surface area contributed by atoms with Crippen LogP contribution in [0.5, 0.6) is 5.75 Å². The van der Waals surface area contributed by atoms with Gasteiger partial charge in [-0.25, -0.2) is 0 Å². The van der Waals surface area contributed by atoms with E-state index in [2.05, 4.69) is 31.5 Å². The van der Waals surface area contributed by atoms with E-state index in [9.17, 15) is 4.79 Å². The fraction of sp³-hybridized carbons (Fsp3) is 0.611. The van der Waals surface area contributed by atoms with Crippen LogP contribution in [0.25, 0.3) is 0 Å². The van der Waals surface area contributed by atoms with Crippen molar-refractivity contribution < 1.29 is 9.53 Å². The Morgan fingerprint density at radius 3 is 2.67 bits per heavy atom. The van der Waals surface area contributed by atoms with Gasteiger partial charge in [0.2, 0.25) is 5.91 Å². The first-order valence-corrected chi connectivity index (χ1v) is 9.64. The van der Waals surface area contributed by atoms with Crippen molar-refractivity contribution in [2.24, 2.45) is 0 Å². The van der Waals surface area contributed by atoms with Gasteiger partial charge in [0.15, 0.2) is 0 Å². The van der Waals surface area contributed by atoms with Gasteiger partial charge >= 0.3 is 0 Å². The van der Waals surface area contributed by atoms with Crippen LogP contribution in [0.1, 0.15) is 25.7 Å². The Kier molecular flexibility index (Phi) is 6.51. The average Bonchev–Trinajstić information content (AvgIpc) is 3.13. The number of benzene rings is 1. The molecule has 2 aliphatic heterocycles. The number of carbonyl (C=O) groups excluding carboxylic acids is 1. The molecule has 0 radical (unpaired) electrons. The molecule has 132 valence electrons. The zero-order chi connectivity index (χ0) is 16.8. The van der Waals surface area contributed by atoms with Gasteiger partial charge in [-0.05, 0) is 56.5 Å². The summed E-state index contributed by atoms with van der Waals surface area (Å²) >= 11 is 3.42. The van der Waals surface area contributed by atoms with Crippen LogP contribution < -0.4 is 15.4 Å². The number of hydrogen-bond donors (Lipinski definition) is 2. The van der Waals surface area contributed by atoms with Gasteiger partial charge in [-0.2, -0.15) is 0 Å². The van der Waals surface area contributed by atoms with Crippen molar-refractivity contribution in [2.75, 3.05) is 32.8 Å². The van der Waals surface area contributed by atoms with Gasteiger partial charge in [-0.1, -0.05) is 15.9 Å². The number of piperidine rings is 1. The molecular formula is C18H26BrN3O2. The van der Waals surface area contributed by atoms with Crippen LogP contribution >= 0.6 is 15.9 Å². The van der Waals surface area contributed by atoms with Crippen LogP contribution in [-0.2, 0) is 4.79 Å². The Morgan fingerprint density at radius 2 is 2.00 bits per heavy atom. The summed E-state index contributed by atoms with van der Waals surface area (Å²) < 4.78 is 6.84. The summed E-state index contributed by atoms with van der Waals surface area (Å²) in [6.07, 6.45) is 4.13. The smallest absolute Gasteiger partial charge is 0.237 e. The van der Waals surface area contributed by atoms with Crippen molar-refractivity contribution in [3.05, 3.63) is 28.7 Å². The van der Waals surface area contributed by atoms with Gasteiger partial charge in [-0.3, -0.25) is 9.69 Å². The summed E-state index contributed by atoms with van der Waals surface area (Å²) in [6, 6.07) is 8.28. The molecule has 0 aromatic heterocycles. The molecule has 2 saturated heterocycles. The first-order chi connectivity index (χ1) is 11.7. The number of halogens is 1. The predicted octanol–water partition coefficient (Wildman–Crippen LogP) is 2.16. The van der Waals surface area contributed by atoms with Crippen LogP contribution in [0, 0.1) is 0 Å². The lowest BCUT2D eigenvalue weighted by Gasteiger charge is -2.32. The number of nitrogens with zero attached hydrogens (tertiary/aromatic N) is 1. The highest BCUT2D eigenvalue weighted by molar-refractivity contribution is 9.10. The third-order valence-electron chi connectivity index (χ3n) is 4.80. The number of ether oxygens (including phenoxy) is 1. The van der Waals surface area contributed by atoms with Crippen LogP contribution in [-0.4, -0.2) is 55.7 Å². The highest BCUT2D eigenvalue weighted by atomic mass is 79.9. The first-order valence-electron chi connectivity index (χ1n) is 8.85. The number of nitrogens with one attached hydrogen (secondary N) is 2. The molecule has 0 unspecified atom stereocenters. The second-order valence-electron chi connectivity index (χ2n) is 6.58. The molecule has 2 N–H and O–H groups in total. The van der Waals surface area contributed by atoms with Crippen molar-refractivity contribution in [1.82, 2.24) is 15.5 Å². The van der Waals surface area contributed by atoms with E-state index in [4.69, 9.17) is 4.74 Å². The van der Waals surface area contributed by atoms with Gasteiger partial charge in [0.05, 0.1) is 6.04 Å². The minimum Gasteiger partial charge on any atom is -0.492 e. The third kappa shape index (κ3) is 5.19. The highest BCUT2D eigenvalue weighted by Gasteiger charge is 2.26. The number of hydrogen-bond acceptors (Lipinski definition) is 4. The normalized spacial score (nSPS) is 22.5. The Balaban J connectivity index is 1.31. The van der Waals surface area contributed by atoms with E-state index in [-0.39, 0.29) is 11.9 Å². The van der Waals surface area contributed by atoms with Crippen molar-refractivity contribution in [3.8, 4) is 5.75 Å². The average molecular weight is 396 g/mol. The van der Waals surface area contributed by atoms with Crippen LogP contribution in [0.4, 0.5) is 0 Å². The number of likely N-dealkylation sites (tertiary alicyclic amines) is 1. The van der Waals surface area contributed by atoms with Gasteiger partial charge in [0, 0.05) is 30.1 Å².